The van der Waals surface area contributed by atoms with Gasteiger partial charge in [-0.2, -0.15) is 0 Å². The summed E-state index contributed by atoms with van der Waals surface area (Å²) < 4.78 is 6.75. The monoisotopic (exact) mass is 424 g/mol. The van der Waals surface area contributed by atoms with Crippen molar-refractivity contribution in [1.29, 1.82) is 0 Å². The van der Waals surface area contributed by atoms with Crippen LogP contribution in [0.25, 0.3) is 0 Å². The number of ketones is 1. The highest BCUT2D eigenvalue weighted by Crippen LogP contribution is 2.32. The van der Waals surface area contributed by atoms with Crippen LogP contribution in [0.5, 0.6) is 5.75 Å². The van der Waals surface area contributed by atoms with Crippen LogP contribution < -0.4 is 10.1 Å². The number of Topliss-reactive ketones (excluding diaryl/α,β-unsaturated/α-hetero) is 1. The van der Waals surface area contributed by atoms with E-state index in [1.807, 2.05) is 19.1 Å². The van der Waals surface area contributed by atoms with Crippen LogP contribution >= 0.6 is 27.3 Å². The lowest BCUT2D eigenvalue weighted by molar-refractivity contribution is -0.118. The fourth-order valence-electron chi connectivity index (χ4n) is 2.32. The highest BCUT2D eigenvalue weighted by Gasteiger charge is 2.15. The minimum atomic E-state index is -0.306. The molecule has 1 heterocycles. The molecular weight excluding hydrogens is 404 g/mol. The second kappa shape index (κ2) is 8.10. The van der Waals surface area contributed by atoms with Crippen molar-refractivity contribution in [3.8, 4) is 5.75 Å². The maximum atomic E-state index is 12.1. The molecule has 0 atom stereocenters. The Kier molecular flexibility index (Phi) is 6.35. The van der Waals surface area contributed by atoms with Gasteiger partial charge in [0, 0.05) is 11.4 Å². The van der Waals surface area contributed by atoms with Gasteiger partial charge in [-0.15, -0.1) is 0 Å². The van der Waals surface area contributed by atoms with Crippen LogP contribution in [-0.2, 0) is 4.79 Å². The molecular formula is C18H21BrN2O3S. The van der Waals surface area contributed by atoms with Crippen LogP contribution in [0.15, 0.2) is 16.6 Å². The third-order valence-corrected chi connectivity index (χ3v) is 5.66. The highest BCUT2D eigenvalue weighted by molar-refractivity contribution is 9.10. The first-order chi connectivity index (χ1) is 11.7. The molecule has 0 fully saturated rings. The Morgan fingerprint density at radius 1 is 1.32 bits per heavy atom. The summed E-state index contributed by atoms with van der Waals surface area (Å²) in [6, 6.07) is 3.95. The summed E-state index contributed by atoms with van der Waals surface area (Å²) in [4.78, 5) is 28.4. The molecule has 1 aromatic carbocycles. The third-order valence-electron chi connectivity index (χ3n) is 3.63. The lowest BCUT2D eigenvalue weighted by Crippen LogP contribution is -2.20. The van der Waals surface area contributed by atoms with Crippen LogP contribution in [0, 0.1) is 13.8 Å². The lowest BCUT2D eigenvalue weighted by Gasteiger charge is -2.15. The fourth-order valence-corrected chi connectivity index (χ4v) is 3.56. The van der Waals surface area contributed by atoms with E-state index in [1.165, 1.54) is 18.3 Å². The van der Waals surface area contributed by atoms with E-state index < -0.39 is 0 Å². The number of hydrogen-bond acceptors (Lipinski definition) is 5. The number of amides is 1. The molecule has 1 amide bonds. The van der Waals surface area contributed by atoms with E-state index in [9.17, 15) is 9.59 Å². The van der Waals surface area contributed by atoms with E-state index >= 15 is 0 Å². The molecule has 0 saturated carbocycles. The molecule has 0 aliphatic heterocycles. The molecule has 0 unspecified atom stereocenters. The molecule has 1 N–H and O–H groups in total. The number of anilines is 1. The SMILES string of the molecule is CC(=O)c1sc(NC(=O)COc2cc(C)c(Br)cc2C(C)C)nc1C. The molecule has 0 radical (unpaired) electrons. The molecule has 0 spiro atoms. The van der Waals surface area contributed by atoms with E-state index in [2.05, 4.69) is 40.1 Å². The zero-order chi connectivity index (χ0) is 18.7. The summed E-state index contributed by atoms with van der Waals surface area (Å²) in [5, 5.41) is 3.09. The van der Waals surface area contributed by atoms with Gasteiger partial charge in [0.05, 0.1) is 10.6 Å². The maximum Gasteiger partial charge on any atom is 0.264 e. The van der Waals surface area contributed by atoms with Gasteiger partial charge in [0.25, 0.3) is 5.91 Å². The van der Waals surface area contributed by atoms with Crippen LogP contribution in [0.2, 0.25) is 0 Å². The molecule has 134 valence electrons. The molecule has 0 aliphatic rings. The average Bonchev–Trinajstić information content (AvgIpc) is 2.88. The van der Waals surface area contributed by atoms with Gasteiger partial charge in [0.1, 0.15) is 5.75 Å². The number of benzene rings is 1. The largest absolute Gasteiger partial charge is 0.483 e. The minimum Gasteiger partial charge on any atom is -0.483 e. The Labute approximate surface area is 159 Å². The Balaban J connectivity index is 2.06. The summed E-state index contributed by atoms with van der Waals surface area (Å²) in [6.45, 7) is 9.24. The molecule has 1 aromatic heterocycles. The van der Waals surface area contributed by atoms with Crippen molar-refractivity contribution in [1.82, 2.24) is 4.98 Å². The van der Waals surface area contributed by atoms with E-state index in [0.29, 0.717) is 21.5 Å². The van der Waals surface area contributed by atoms with Crippen LogP contribution in [0.3, 0.4) is 0 Å². The predicted molar refractivity (Wildman–Crippen MR) is 104 cm³/mol. The third kappa shape index (κ3) is 4.89. The molecule has 7 heteroatoms. The second-order valence-corrected chi connectivity index (χ2v) is 7.97. The summed E-state index contributed by atoms with van der Waals surface area (Å²) >= 11 is 4.70. The molecule has 0 bridgehead atoms. The first-order valence-corrected chi connectivity index (χ1v) is 9.51. The van der Waals surface area contributed by atoms with Gasteiger partial charge in [0.2, 0.25) is 0 Å². The van der Waals surface area contributed by atoms with Gasteiger partial charge in [-0.1, -0.05) is 41.1 Å². The Hall–Kier alpha value is -1.73. The predicted octanol–water partition coefficient (Wildman–Crippen LogP) is 4.87. The van der Waals surface area contributed by atoms with Gasteiger partial charge in [0.15, 0.2) is 17.5 Å². The number of nitrogens with one attached hydrogen (secondary N) is 1. The average molecular weight is 425 g/mol. The van der Waals surface area contributed by atoms with Crippen LogP contribution in [0.4, 0.5) is 5.13 Å². The highest BCUT2D eigenvalue weighted by atomic mass is 79.9. The molecule has 2 aromatic rings. The van der Waals surface area contributed by atoms with Crippen LogP contribution in [-0.4, -0.2) is 23.3 Å². The number of ether oxygens (including phenoxy) is 1. The number of halogens is 1. The summed E-state index contributed by atoms with van der Waals surface area (Å²) in [5.74, 6) is 0.609. The van der Waals surface area contributed by atoms with Crippen molar-refractivity contribution in [2.75, 3.05) is 11.9 Å². The summed E-state index contributed by atoms with van der Waals surface area (Å²) in [6.07, 6.45) is 0. The number of aromatic nitrogens is 1. The van der Waals surface area contributed by atoms with Crippen molar-refractivity contribution in [2.24, 2.45) is 0 Å². The number of carbonyl (C=O) groups excluding carboxylic acids is 2. The zero-order valence-corrected chi connectivity index (χ0v) is 17.3. The first-order valence-electron chi connectivity index (χ1n) is 7.90. The number of rotatable bonds is 6. The first kappa shape index (κ1) is 19.6. The molecule has 0 aliphatic carbocycles. The second-order valence-electron chi connectivity index (χ2n) is 6.12. The van der Waals surface area contributed by atoms with Crippen LogP contribution in [0.1, 0.15) is 53.2 Å². The Morgan fingerprint density at radius 3 is 2.56 bits per heavy atom. The smallest absolute Gasteiger partial charge is 0.264 e. The number of aryl methyl sites for hydroxylation is 2. The van der Waals surface area contributed by atoms with E-state index in [1.54, 1.807) is 6.92 Å². The quantitative estimate of drug-likeness (QED) is 0.671. The number of carbonyl (C=O) groups is 2. The Morgan fingerprint density at radius 2 is 2.00 bits per heavy atom. The Bertz CT molecular complexity index is 815. The standard InChI is InChI=1S/C18H21BrN2O3S/c1-9(2)13-7-14(19)10(3)6-15(13)24-8-16(23)21-18-20-11(4)17(25-18)12(5)22/h6-7,9H,8H2,1-5H3,(H,20,21,23). The lowest BCUT2D eigenvalue weighted by atomic mass is 10.0. The van der Waals surface area contributed by atoms with Gasteiger partial charge < -0.3 is 4.74 Å². The van der Waals surface area contributed by atoms with Crippen molar-refractivity contribution in [3.63, 3.8) is 0 Å². The maximum absolute atomic E-state index is 12.1. The van der Waals surface area contributed by atoms with Gasteiger partial charge in [-0.05, 0) is 43.0 Å². The van der Waals surface area contributed by atoms with Gasteiger partial charge >= 0.3 is 0 Å². The molecule has 25 heavy (non-hydrogen) atoms. The normalized spacial score (nSPS) is 10.8. The van der Waals surface area contributed by atoms with E-state index in [-0.39, 0.29) is 24.2 Å². The number of hydrogen-bond donors (Lipinski definition) is 1. The van der Waals surface area contributed by atoms with Crippen molar-refractivity contribution in [2.45, 2.75) is 40.5 Å². The topological polar surface area (TPSA) is 68.3 Å². The van der Waals surface area contributed by atoms with E-state index in [0.717, 1.165) is 15.6 Å². The zero-order valence-electron chi connectivity index (χ0n) is 14.9. The minimum absolute atomic E-state index is 0.0568. The molecule has 5 nitrogen and oxygen atoms in total. The van der Waals surface area contributed by atoms with Crippen molar-refractivity contribution in [3.05, 3.63) is 38.3 Å². The van der Waals surface area contributed by atoms with Crippen molar-refractivity contribution >= 4 is 44.1 Å². The molecule has 0 saturated heterocycles. The summed E-state index contributed by atoms with van der Waals surface area (Å²) in [5.41, 5.74) is 2.70. The number of nitrogens with zero attached hydrogens (tertiary/aromatic N) is 1. The number of thiazole rings is 1. The fraction of sp³-hybridized carbons (Fsp3) is 0.389. The van der Waals surface area contributed by atoms with Gasteiger partial charge in [-0.3, -0.25) is 14.9 Å². The molecule has 2 rings (SSSR count). The summed E-state index contributed by atoms with van der Waals surface area (Å²) in [7, 11) is 0. The van der Waals surface area contributed by atoms with Crippen molar-refractivity contribution < 1.29 is 14.3 Å². The van der Waals surface area contributed by atoms with E-state index in [4.69, 9.17) is 4.74 Å². The van der Waals surface area contributed by atoms with Gasteiger partial charge in [-0.25, -0.2) is 4.98 Å².